The lowest BCUT2D eigenvalue weighted by Gasteiger charge is -2.19. The first-order valence-electron chi connectivity index (χ1n) is 15.9. The summed E-state index contributed by atoms with van der Waals surface area (Å²) < 4.78 is 21.7. The number of nitrogens with one attached hydrogen (secondary N) is 5. The molecule has 16 heteroatoms. The number of benzene rings is 1. The maximum Gasteiger partial charge on any atom is 0.407 e. The molecule has 0 aliphatic rings. The summed E-state index contributed by atoms with van der Waals surface area (Å²) in [7, 11) is 0. The maximum atomic E-state index is 12.6. The van der Waals surface area contributed by atoms with E-state index in [1.54, 1.807) is 57.6 Å². The Kier molecular flexibility index (Phi) is 16.2. The van der Waals surface area contributed by atoms with Crippen LogP contribution in [-0.2, 0) is 25.5 Å². The summed E-state index contributed by atoms with van der Waals surface area (Å²) >= 11 is 1.12. The zero-order chi connectivity index (χ0) is 35.5. The molecule has 0 bridgehead atoms. The van der Waals surface area contributed by atoms with E-state index in [0.29, 0.717) is 31.9 Å². The van der Waals surface area contributed by atoms with Crippen molar-refractivity contribution >= 4 is 40.5 Å². The summed E-state index contributed by atoms with van der Waals surface area (Å²) in [4.78, 5) is 57.2. The topological polar surface area (TPSA) is 191 Å². The molecule has 1 atom stereocenters. The SMILES string of the molecule is CCOC(=O)CC(NCOCCNC(=O)c1csc(NC(=O)NCc2ccccc2OCCCNC(=O)OC(C)(C)C)n1)c1cccnc1. The van der Waals surface area contributed by atoms with Crippen LogP contribution in [0, 0.1) is 0 Å². The van der Waals surface area contributed by atoms with Crippen molar-refractivity contribution in [1.29, 1.82) is 0 Å². The number of thiazole rings is 1. The van der Waals surface area contributed by atoms with E-state index in [9.17, 15) is 19.2 Å². The van der Waals surface area contributed by atoms with Crippen molar-refractivity contribution in [3.63, 3.8) is 0 Å². The number of nitrogens with zero attached hydrogens (tertiary/aromatic N) is 2. The molecule has 4 amide bonds. The highest BCUT2D eigenvalue weighted by atomic mass is 32.1. The molecule has 0 aliphatic carbocycles. The Labute approximate surface area is 289 Å². The zero-order valence-corrected chi connectivity index (χ0v) is 29.0. The van der Waals surface area contributed by atoms with Crippen molar-refractivity contribution in [2.45, 2.75) is 58.7 Å². The monoisotopic (exact) mass is 699 g/mol. The average Bonchev–Trinajstić information content (AvgIpc) is 3.53. The molecule has 2 aromatic heterocycles. The average molecular weight is 700 g/mol. The Morgan fingerprint density at radius 1 is 0.980 bits per heavy atom. The normalized spacial score (nSPS) is 11.6. The van der Waals surface area contributed by atoms with Crippen LogP contribution in [0.4, 0.5) is 14.7 Å². The van der Waals surface area contributed by atoms with Gasteiger partial charge in [0, 0.05) is 49.0 Å². The lowest BCUT2D eigenvalue weighted by atomic mass is 10.1. The molecule has 0 fully saturated rings. The number of urea groups is 1. The number of carbonyl (C=O) groups excluding carboxylic acids is 4. The molecular formula is C33H45N7O8S. The molecule has 1 unspecified atom stereocenters. The number of rotatable bonds is 19. The highest BCUT2D eigenvalue weighted by molar-refractivity contribution is 7.14. The van der Waals surface area contributed by atoms with Crippen LogP contribution < -0.4 is 31.3 Å². The number of ether oxygens (including phenoxy) is 4. The highest BCUT2D eigenvalue weighted by Crippen LogP contribution is 2.19. The van der Waals surface area contributed by atoms with Gasteiger partial charge in [-0.3, -0.25) is 25.2 Å². The van der Waals surface area contributed by atoms with Gasteiger partial charge in [-0.1, -0.05) is 24.3 Å². The lowest BCUT2D eigenvalue weighted by Crippen LogP contribution is -2.33. The van der Waals surface area contributed by atoms with Crippen LogP contribution in [0.5, 0.6) is 5.75 Å². The summed E-state index contributed by atoms with van der Waals surface area (Å²) in [6.07, 6.45) is 3.53. The van der Waals surface area contributed by atoms with E-state index in [1.165, 1.54) is 0 Å². The minimum absolute atomic E-state index is 0.123. The first-order chi connectivity index (χ1) is 23.5. The van der Waals surface area contributed by atoms with Crippen molar-refractivity contribution in [2.75, 3.05) is 45.0 Å². The molecule has 266 valence electrons. The highest BCUT2D eigenvalue weighted by Gasteiger charge is 2.18. The van der Waals surface area contributed by atoms with E-state index in [2.05, 4.69) is 36.6 Å². The third-order valence-electron chi connectivity index (χ3n) is 6.34. The molecule has 2 heterocycles. The lowest BCUT2D eigenvalue weighted by molar-refractivity contribution is -0.143. The fourth-order valence-corrected chi connectivity index (χ4v) is 4.82. The molecule has 49 heavy (non-hydrogen) atoms. The minimum atomic E-state index is -0.563. The fraction of sp³-hybridized carbons (Fsp3) is 0.455. The van der Waals surface area contributed by atoms with Gasteiger partial charge >= 0.3 is 18.1 Å². The standard InChI is InChI=1S/C33H45N7O8S/c1-5-46-28(41)18-25(23-11-8-13-34-19-23)38-22-45-17-15-35-29(42)26-21-49-31(39-26)40-30(43)37-20-24-10-6-7-12-27(24)47-16-9-14-36-32(44)48-33(2,3)4/h6-8,10-13,19,21,25,38H,5,9,14-18,20,22H2,1-4H3,(H,35,42)(H,36,44)(H2,37,39,40,43). The second-order valence-electron chi connectivity index (χ2n) is 11.4. The number of hydrogen-bond donors (Lipinski definition) is 5. The zero-order valence-electron chi connectivity index (χ0n) is 28.2. The Balaban J connectivity index is 1.34. The molecular weight excluding hydrogens is 654 g/mol. The van der Waals surface area contributed by atoms with Crippen molar-refractivity contribution in [2.24, 2.45) is 0 Å². The number of esters is 1. The largest absolute Gasteiger partial charge is 0.493 e. The summed E-state index contributed by atoms with van der Waals surface area (Å²) in [5, 5.41) is 15.8. The third-order valence-corrected chi connectivity index (χ3v) is 7.10. The summed E-state index contributed by atoms with van der Waals surface area (Å²) in [6, 6.07) is 10.1. The molecule has 5 N–H and O–H groups in total. The van der Waals surface area contributed by atoms with Gasteiger partial charge in [-0.05, 0) is 51.8 Å². The number of anilines is 1. The Morgan fingerprint density at radius 3 is 2.55 bits per heavy atom. The number of amides is 4. The molecule has 1 aromatic carbocycles. The summed E-state index contributed by atoms with van der Waals surface area (Å²) in [6.45, 7) is 8.96. The minimum Gasteiger partial charge on any atom is -0.493 e. The van der Waals surface area contributed by atoms with Crippen molar-refractivity contribution in [3.8, 4) is 5.75 Å². The first-order valence-corrected chi connectivity index (χ1v) is 16.7. The molecule has 0 spiro atoms. The first kappa shape index (κ1) is 38.6. The van der Waals surface area contributed by atoms with Crippen molar-refractivity contribution in [1.82, 2.24) is 31.2 Å². The van der Waals surface area contributed by atoms with Crippen LogP contribution in [0.3, 0.4) is 0 Å². The Morgan fingerprint density at radius 2 is 1.80 bits per heavy atom. The van der Waals surface area contributed by atoms with Crippen molar-refractivity contribution < 1.29 is 38.1 Å². The maximum absolute atomic E-state index is 12.6. The number of para-hydroxylation sites is 1. The van der Waals surface area contributed by atoms with E-state index in [1.807, 2.05) is 24.3 Å². The quantitative estimate of drug-likeness (QED) is 0.0687. The molecule has 0 saturated heterocycles. The Hall–Kier alpha value is -4.80. The predicted octanol–water partition coefficient (Wildman–Crippen LogP) is 4.14. The van der Waals surface area contributed by atoms with E-state index in [0.717, 1.165) is 22.5 Å². The van der Waals surface area contributed by atoms with Gasteiger partial charge in [0.25, 0.3) is 5.91 Å². The van der Waals surface area contributed by atoms with Gasteiger partial charge in [0.05, 0.1) is 33.0 Å². The number of hydrogen-bond acceptors (Lipinski definition) is 12. The van der Waals surface area contributed by atoms with E-state index >= 15 is 0 Å². The van der Waals surface area contributed by atoms with Crippen LogP contribution in [0.1, 0.15) is 68.2 Å². The second-order valence-corrected chi connectivity index (χ2v) is 12.3. The van der Waals surface area contributed by atoms with Crippen molar-refractivity contribution in [3.05, 3.63) is 71.0 Å². The summed E-state index contributed by atoms with van der Waals surface area (Å²) in [5.74, 6) is -0.137. The molecule has 0 saturated carbocycles. The van der Waals surface area contributed by atoms with Crippen LogP contribution in [0.2, 0.25) is 0 Å². The van der Waals surface area contributed by atoms with Crippen LogP contribution >= 0.6 is 11.3 Å². The van der Waals surface area contributed by atoms with Crippen LogP contribution in [-0.4, -0.2) is 79.2 Å². The van der Waals surface area contributed by atoms with Crippen LogP contribution in [0.25, 0.3) is 0 Å². The number of pyridine rings is 1. The molecule has 0 radical (unpaired) electrons. The van der Waals surface area contributed by atoms with E-state index in [4.69, 9.17) is 18.9 Å². The predicted molar refractivity (Wildman–Crippen MR) is 183 cm³/mol. The van der Waals surface area contributed by atoms with Gasteiger partial charge < -0.3 is 34.9 Å². The third kappa shape index (κ3) is 15.3. The molecule has 0 aliphatic heterocycles. The Bertz CT molecular complexity index is 1480. The molecule has 3 rings (SSSR count). The van der Waals surface area contributed by atoms with E-state index in [-0.39, 0.29) is 55.7 Å². The van der Waals surface area contributed by atoms with Gasteiger partial charge in [-0.25, -0.2) is 14.6 Å². The van der Waals surface area contributed by atoms with Gasteiger partial charge in [-0.2, -0.15) is 0 Å². The van der Waals surface area contributed by atoms with Gasteiger partial charge in [-0.15, -0.1) is 11.3 Å². The smallest absolute Gasteiger partial charge is 0.407 e. The fourth-order valence-electron chi connectivity index (χ4n) is 4.14. The van der Waals surface area contributed by atoms with Gasteiger partial charge in [0.1, 0.15) is 17.0 Å². The molecule has 3 aromatic rings. The second kappa shape index (κ2) is 20.5. The summed E-state index contributed by atoms with van der Waals surface area (Å²) in [5.41, 5.74) is 1.18. The van der Waals surface area contributed by atoms with Gasteiger partial charge in [0.2, 0.25) is 0 Å². The van der Waals surface area contributed by atoms with Gasteiger partial charge in [0.15, 0.2) is 5.13 Å². The van der Waals surface area contributed by atoms with Crippen LogP contribution in [0.15, 0.2) is 54.2 Å². The molecule has 15 nitrogen and oxygen atoms in total. The number of aromatic nitrogens is 2. The van der Waals surface area contributed by atoms with E-state index < -0.39 is 23.6 Å². The number of carbonyl (C=O) groups is 4. The number of alkyl carbamates (subject to hydrolysis) is 1.